The SMILES string of the molecule is CC1CCN(c2ccc(C(C)NC(=O)CSc3ccccc3)cc2)CC1. The van der Waals surface area contributed by atoms with E-state index in [1.807, 2.05) is 37.3 Å². The second kappa shape index (κ2) is 9.13. The highest BCUT2D eigenvalue weighted by Gasteiger charge is 2.16. The zero-order valence-electron chi connectivity index (χ0n) is 15.7. The number of piperidine rings is 1. The van der Waals surface area contributed by atoms with Crippen LogP contribution in [-0.2, 0) is 4.79 Å². The van der Waals surface area contributed by atoms with E-state index in [1.54, 1.807) is 11.8 Å². The maximum Gasteiger partial charge on any atom is 0.230 e. The van der Waals surface area contributed by atoms with Gasteiger partial charge in [0.15, 0.2) is 0 Å². The average molecular weight is 369 g/mol. The summed E-state index contributed by atoms with van der Waals surface area (Å²) in [5.41, 5.74) is 2.44. The molecule has 26 heavy (non-hydrogen) atoms. The minimum atomic E-state index is 0.0225. The van der Waals surface area contributed by atoms with Gasteiger partial charge in [0.2, 0.25) is 5.91 Å². The quantitative estimate of drug-likeness (QED) is 0.737. The number of hydrogen-bond acceptors (Lipinski definition) is 3. The molecule has 1 amide bonds. The average Bonchev–Trinajstić information content (AvgIpc) is 2.68. The smallest absolute Gasteiger partial charge is 0.230 e. The number of carbonyl (C=O) groups is 1. The van der Waals surface area contributed by atoms with Gasteiger partial charge >= 0.3 is 0 Å². The Morgan fingerprint density at radius 3 is 2.42 bits per heavy atom. The van der Waals surface area contributed by atoms with Gasteiger partial charge in [-0.05, 0) is 55.5 Å². The molecular formula is C22H28N2OS. The fourth-order valence-corrected chi connectivity index (χ4v) is 4.00. The van der Waals surface area contributed by atoms with E-state index < -0.39 is 0 Å². The molecule has 1 unspecified atom stereocenters. The normalized spacial score (nSPS) is 16.3. The van der Waals surface area contributed by atoms with Crippen LogP contribution in [0.3, 0.4) is 0 Å². The number of carbonyl (C=O) groups excluding carboxylic acids is 1. The van der Waals surface area contributed by atoms with E-state index >= 15 is 0 Å². The van der Waals surface area contributed by atoms with Gasteiger partial charge in [0.1, 0.15) is 0 Å². The summed E-state index contributed by atoms with van der Waals surface area (Å²) in [6.07, 6.45) is 2.54. The summed E-state index contributed by atoms with van der Waals surface area (Å²) in [7, 11) is 0. The molecule has 1 aliphatic rings. The molecule has 2 aromatic rings. The number of anilines is 1. The fraction of sp³-hybridized carbons (Fsp3) is 0.409. The van der Waals surface area contributed by atoms with Crippen molar-refractivity contribution in [1.29, 1.82) is 0 Å². The lowest BCUT2D eigenvalue weighted by Gasteiger charge is -2.32. The second-order valence-electron chi connectivity index (χ2n) is 7.15. The molecular weight excluding hydrogens is 340 g/mol. The monoisotopic (exact) mass is 368 g/mol. The Morgan fingerprint density at radius 2 is 1.77 bits per heavy atom. The summed E-state index contributed by atoms with van der Waals surface area (Å²) < 4.78 is 0. The standard InChI is InChI=1S/C22H28N2OS/c1-17-12-14-24(15-13-17)20-10-8-19(9-11-20)18(2)23-22(25)16-26-21-6-4-3-5-7-21/h3-11,17-18H,12-16H2,1-2H3,(H,23,25). The molecule has 3 nitrogen and oxygen atoms in total. The van der Waals surface area contributed by atoms with E-state index in [2.05, 4.69) is 41.4 Å². The first kappa shape index (κ1) is 18.8. The Morgan fingerprint density at radius 1 is 1.12 bits per heavy atom. The van der Waals surface area contributed by atoms with Crippen LogP contribution in [0, 0.1) is 5.92 Å². The highest BCUT2D eigenvalue weighted by atomic mass is 32.2. The van der Waals surface area contributed by atoms with Crippen molar-refractivity contribution < 1.29 is 4.79 Å². The molecule has 4 heteroatoms. The lowest BCUT2D eigenvalue weighted by atomic mass is 9.98. The fourth-order valence-electron chi connectivity index (χ4n) is 3.27. The van der Waals surface area contributed by atoms with Crippen LogP contribution in [0.2, 0.25) is 0 Å². The van der Waals surface area contributed by atoms with Crippen LogP contribution in [0.5, 0.6) is 0 Å². The third kappa shape index (κ3) is 5.28. The van der Waals surface area contributed by atoms with Crippen molar-refractivity contribution in [3.8, 4) is 0 Å². The summed E-state index contributed by atoms with van der Waals surface area (Å²) in [6, 6.07) is 18.7. The minimum Gasteiger partial charge on any atom is -0.372 e. The van der Waals surface area contributed by atoms with Crippen LogP contribution in [0.4, 0.5) is 5.69 Å². The van der Waals surface area contributed by atoms with Crippen molar-refractivity contribution in [2.24, 2.45) is 5.92 Å². The number of nitrogens with zero attached hydrogens (tertiary/aromatic N) is 1. The minimum absolute atomic E-state index is 0.0225. The lowest BCUT2D eigenvalue weighted by Crippen LogP contribution is -2.32. The topological polar surface area (TPSA) is 32.3 Å². The Labute approximate surface area is 161 Å². The van der Waals surface area contributed by atoms with Crippen molar-refractivity contribution in [2.75, 3.05) is 23.7 Å². The molecule has 1 fully saturated rings. The molecule has 0 aromatic heterocycles. The number of nitrogens with one attached hydrogen (secondary N) is 1. The summed E-state index contributed by atoms with van der Waals surface area (Å²) >= 11 is 1.57. The Balaban J connectivity index is 1.49. The van der Waals surface area contributed by atoms with Crippen molar-refractivity contribution in [3.05, 3.63) is 60.2 Å². The van der Waals surface area contributed by atoms with Gasteiger partial charge in [-0.2, -0.15) is 0 Å². The van der Waals surface area contributed by atoms with E-state index in [1.165, 1.54) is 18.5 Å². The number of benzene rings is 2. The second-order valence-corrected chi connectivity index (χ2v) is 8.20. The Hall–Kier alpha value is -1.94. The molecule has 0 aliphatic carbocycles. The van der Waals surface area contributed by atoms with Gasteiger partial charge in [-0.15, -0.1) is 11.8 Å². The molecule has 2 aromatic carbocycles. The first-order chi connectivity index (χ1) is 12.6. The molecule has 1 heterocycles. The van der Waals surface area contributed by atoms with Crippen molar-refractivity contribution in [2.45, 2.75) is 37.6 Å². The highest BCUT2D eigenvalue weighted by molar-refractivity contribution is 8.00. The van der Waals surface area contributed by atoms with Gasteiger partial charge in [0, 0.05) is 23.7 Å². The maximum absolute atomic E-state index is 12.2. The van der Waals surface area contributed by atoms with E-state index in [-0.39, 0.29) is 11.9 Å². The van der Waals surface area contributed by atoms with Crippen LogP contribution in [0.15, 0.2) is 59.5 Å². The van der Waals surface area contributed by atoms with Crippen LogP contribution < -0.4 is 10.2 Å². The summed E-state index contributed by atoms with van der Waals surface area (Å²) in [5, 5.41) is 3.10. The van der Waals surface area contributed by atoms with E-state index in [0.717, 1.165) is 29.5 Å². The van der Waals surface area contributed by atoms with E-state index in [9.17, 15) is 4.79 Å². The first-order valence-corrected chi connectivity index (χ1v) is 10.4. The van der Waals surface area contributed by atoms with Crippen LogP contribution in [0.25, 0.3) is 0 Å². The van der Waals surface area contributed by atoms with Crippen molar-refractivity contribution in [3.63, 3.8) is 0 Å². The molecule has 0 spiro atoms. The van der Waals surface area contributed by atoms with Crippen LogP contribution in [-0.4, -0.2) is 24.7 Å². The molecule has 0 radical (unpaired) electrons. The molecule has 1 atom stereocenters. The van der Waals surface area contributed by atoms with Crippen LogP contribution >= 0.6 is 11.8 Å². The molecule has 1 N–H and O–H groups in total. The molecule has 1 saturated heterocycles. The third-order valence-electron chi connectivity index (χ3n) is 5.03. The van der Waals surface area contributed by atoms with Crippen molar-refractivity contribution >= 4 is 23.4 Å². The first-order valence-electron chi connectivity index (χ1n) is 9.44. The molecule has 0 bridgehead atoms. The van der Waals surface area contributed by atoms with Gasteiger partial charge in [-0.1, -0.05) is 37.3 Å². The van der Waals surface area contributed by atoms with Crippen LogP contribution in [0.1, 0.15) is 38.3 Å². The number of hydrogen-bond donors (Lipinski definition) is 1. The molecule has 1 aliphatic heterocycles. The van der Waals surface area contributed by atoms with E-state index in [0.29, 0.717) is 5.75 Å². The highest BCUT2D eigenvalue weighted by Crippen LogP contribution is 2.25. The predicted octanol–water partition coefficient (Wildman–Crippen LogP) is 4.89. The summed E-state index contributed by atoms with van der Waals surface area (Å²) in [4.78, 5) is 15.8. The number of amides is 1. The van der Waals surface area contributed by atoms with Gasteiger partial charge in [-0.3, -0.25) is 4.79 Å². The third-order valence-corrected chi connectivity index (χ3v) is 6.04. The zero-order chi connectivity index (χ0) is 18.4. The maximum atomic E-state index is 12.2. The van der Waals surface area contributed by atoms with Gasteiger partial charge in [-0.25, -0.2) is 0 Å². The van der Waals surface area contributed by atoms with Gasteiger partial charge in [0.25, 0.3) is 0 Å². The zero-order valence-corrected chi connectivity index (χ0v) is 16.5. The van der Waals surface area contributed by atoms with E-state index in [4.69, 9.17) is 0 Å². The van der Waals surface area contributed by atoms with Crippen molar-refractivity contribution in [1.82, 2.24) is 5.32 Å². The number of rotatable bonds is 6. The molecule has 3 rings (SSSR count). The van der Waals surface area contributed by atoms with Gasteiger partial charge < -0.3 is 10.2 Å². The Bertz CT molecular complexity index is 694. The summed E-state index contributed by atoms with van der Waals surface area (Å²) in [5.74, 6) is 1.35. The molecule has 138 valence electrons. The predicted molar refractivity (Wildman–Crippen MR) is 111 cm³/mol. The largest absolute Gasteiger partial charge is 0.372 e. The van der Waals surface area contributed by atoms with Gasteiger partial charge in [0.05, 0.1) is 11.8 Å². The number of thioether (sulfide) groups is 1. The lowest BCUT2D eigenvalue weighted by molar-refractivity contribution is -0.119. The summed E-state index contributed by atoms with van der Waals surface area (Å²) in [6.45, 7) is 6.66. The molecule has 0 saturated carbocycles. The Kier molecular flexibility index (Phi) is 6.62.